The van der Waals surface area contributed by atoms with Crippen LogP contribution >= 0.6 is 0 Å². The lowest BCUT2D eigenvalue weighted by molar-refractivity contribution is -0.889. The van der Waals surface area contributed by atoms with Crippen LogP contribution in [0.5, 0.6) is 0 Å². The van der Waals surface area contributed by atoms with E-state index < -0.39 is 18.1 Å². The zero-order chi connectivity index (χ0) is 27.9. The molecule has 0 aliphatic rings. The third-order valence-corrected chi connectivity index (χ3v) is 6.21. The van der Waals surface area contributed by atoms with Gasteiger partial charge in [0.1, 0.15) is 12.6 Å². The fourth-order valence-electron chi connectivity index (χ4n) is 3.87. The molecule has 8 heteroatoms. The molecule has 0 amide bonds. The molecule has 0 aliphatic carbocycles. The molecule has 0 aromatic rings. The van der Waals surface area contributed by atoms with Crippen LogP contribution in [0.1, 0.15) is 104 Å². The van der Waals surface area contributed by atoms with Crippen LogP contribution in [0.3, 0.4) is 0 Å². The quantitative estimate of drug-likeness (QED) is 0.0796. The molecule has 37 heavy (non-hydrogen) atoms. The molecule has 216 valence electrons. The minimum atomic E-state index is -1.13. The molecule has 0 aromatic carbocycles. The molecule has 0 fully saturated rings. The number of rotatable bonds is 24. The maximum absolute atomic E-state index is 12.3. The second-order valence-electron chi connectivity index (χ2n) is 10.6. The second kappa shape index (κ2) is 22.1. The average Bonchev–Trinajstić information content (AvgIpc) is 2.83. The molecule has 8 nitrogen and oxygen atoms in total. The van der Waals surface area contributed by atoms with Crippen molar-refractivity contribution in [2.45, 2.75) is 116 Å². The van der Waals surface area contributed by atoms with Crippen molar-refractivity contribution in [3.63, 3.8) is 0 Å². The predicted octanol–water partition coefficient (Wildman–Crippen LogP) is 4.34. The van der Waals surface area contributed by atoms with Crippen LogP contribution in [0.2, 0.25) is 0 Å². The normalized spacial score (nSPS) is 13.4. The Balaban J connectivity index is 4.19. The van der Waals surface area contributed by atoms with Crippen LogP contribution in [-0.2, 0) is 28.6 Å². The molecule has 0 bridgehead atoms. The molecule has 2 unspecified atom stereocenters. The lowest BCUT2D eigenvalue weighted by atomic mass is 10.1. The SMILES string of the molecule is CCCCCC/C=C\CCCCCCCC(=O)OC(COCCC(C(=O)[O-])[N+](C)(C)C)COC(=O)CC. The van der Waals surface area contributed by atoms with Gasteiger partial charge in [0.25, 0.3) is 0 Å². The third kappa shape index (κ3) is 20.8. The topological polar surface area (TPSA) is 102 Å². The van der Waals surface area contributed by atoms with E-state index in [0.717, 1.165) is 32.1 Å². The highest BCUT2D eigenvalue weighted by molar-refractivity contribution is 5.70. The minimum Gasteiger partial charge on any atom is -0.544 e. The summed E-state index contributed by atoms with van der Waals surface area (Å²) in [6.45, 7) is 4.04. The van der Waals surface area contributed by atoms with Crippen molar-refractivity contribution in [3.8, 4) is 0 Å². The van der Waals surface area contributed by atoms with E-state index in [-0.39, 0.29) is 49.1 Å². The zero-order valence-corrected chi connectivity index (χ0v) is 24.1. The van der Waals surface area contributed by atoms with Crippen molar-refractivity contribution in [2.24, 2.45) is 0 Å². The van der Waals surface area contributed by atoms with Gasteiger partial charge in [0.2, 0.25) is 0 Å². The molecule has 2 atom stereocenters. The molecular formula is C29H53NO7. The van der Waals surface area contributed by atoms with Crippen LogP contribution in [-0.4, -0.2) is 75.5 Å². The number of hydrogen-bond acceptors (Lipinski definition) is 7. The largest absolute Gasteiger partial charge is 0.544 e. The number of nitrogens with zero attached hydrogens (tertiary/aromatic N) is 1. The molecule has 0 saturated heterocycles. The summed E-state index contributed by atoms with van der Waals surface area (Å²) in [5, 5.41) is 11.4. The van der Waals surface area contributed by atoms with Gasteiger partial charge < -0.3 is 28.6 Å². The number of carboxylic acids is 1. The Bertz CT molecular complexity index is 643. The van der Waals surface area contributed by atoms with Crippen molar-refractivity contribution in [2.75, 3.05) is 41.0 Å². The highest BCUT2D eigenvalue weighted by Gasteiger charge is 2.25. The van der Waals surface area contributed by atoms with E-state index in [2.05, 4.69) is 19.1 Å². The number of likely N-dealkylation sites (N-methyl/N-ethyl adjacent to an activating group) is 1. The van der Waals surface area contributed by atoms with Crippen molar-refractivity contribution in [1.29, 1.82) is 0 Å². The molecule has 0 N–H and O–H groups in total. The van der Waals surface area contributed by atoms with Gasteiger partial charge in [-0.15, -0.1) is 0 Å². The van der Waals surface area contributed by atoms with Gasteiger partial charge in [0, 0.05) is 19.3 Å². The number of esters is 2. The maximum atomic E-state index is 12.3. The smallest absolute Gasteiger partial charge is 0.306 e. The van der Waals surface area contributed by atoms with Gasteiger partial charge >= 0.3 is 11.9 Å². The van der Waals surface area contributed by atoms with Crippen LogP contribution in [0, 0.1) is 0 Å². The highest BCUT2D eigenvalue weighted by atomic mass is 16.6. The highest BCUT2D eigenvalue weighted by Crippen LogP contribution is 2.11. The van der Waals surface area contributed by atoms with Crippen molar-refractivity contribution >= 4 is 17.9 Å². The Morgan fingerprint density at radius 2 is 1.41 bits per heavy atom. The van der Waals surface area contributed by atoms with Gasteiger partial charge in [-0.1, -0.05) is 64.5 Å². The molecule has 0 saturated carbocycles. The maximum Gasteiger partial charge on any atom is 0.306 e. The summed E-state index contributed by atoms with van der Waals surface area (Å²) in [7, 11) is 5.34. The fraction of sp³-hybridized carbons (Fsp3) is 0.828. The molecule has 0 spiro atoms. The van der Waals surface area contributed by atoms with E-state index in [1.165, 1.54) is 38.5 Å². The lowest BCUT2D eigenvalue weighted by Gasteiger charge is -2.34. The minimum absolute atomic E-state index is 0.0335. The first-order valence-electron chi connectivity index (χ1n) is 14.2. The Hall–Kier alpha value is -1.93. The summed E-state index contributed by atoms with van der Waals surface area (Å²) in [6, 6.07) is -0.717. The zero-order valence-electron chi connectivity index (χ0n) is 24.1. The number of unbranched alkanes of at least 4 members (excludes halogenated alkanes) is 9. The monoisotopic (exact) mass is 527 g/mol. The summed E-state index contributed by atoms with van der Waals surface area (Å²) in [6.07, 6.45) is 17.3. The number of carbonyl (C=O) groups is 3. The van der Waals surface area contributed by atoms with Crippen LogP contribution in [0.15, 0.2) is 12.2 Å². The van der Waals surface area contributed by atoms with Crippen molar-refractivity contribution < 1.29 is 38.2 Å². The van der Waals surface area contributed by atoms with Gasteiger partial charge in [0.15, 0.2) is 6.10 Å². The van der Waals surface area contributed by atoms with E-state index in [0.29, 0.717) is 6.42 Å². The Morgan fingerprint density at radius 3 is 1.97 bits per heavy atom. The van der Waals surface area contributed by atoms with Crippen molar-refractivity contribution in [1.82, 2.24) is 0 Å². The fourth-order valence-corrected chi connectivity index (χ4v) is 3.87. The number of carboxylic acid groups (broad SMARTS) is 1. The molecule has 0 rings (SSSR count). The number of allylic oxidation sites excluding steroid dienone is 2. The van der Waals surface area contributed by atoms with Crippen LogP contribution < -0.4 is 5.11 Å². The summed E-state index contributed by atoms with van der Waals surface area (Å²) in [4.78, 5) is 35.2. The standard InChI is InChI=1S/C29H53NO7/c1-6-8-9-10-11-12-13-14-15-16-17-18-19-20-28(32)37-25(24-36-27(31)7-2)23-35-22-21-26(29(33)34)30(3,4)5/h12-13,25-26H,6-11,14-24H2,1-5H3/b13-12-. The third-order valence-electron chi connectivity index (χ3n) is 6.21. The van der Waals surface area contributed by atoms with E-state index in [4.69, 9.17) is 14.2 Å². The van der Waals surface area contributed by atoms with Gasteiger partial charge in [0.05, 0.1) is 40.3 Å². The molecule has 0 radical (unpaired) electrons. The number of quaternary nitrogens is 1. The summed E-state index contributed by atoms with van der Waals surface area (Å²) in [5.74, 6) is -1.86. The van der Waals surface area contributed by atoms with Gasteiger partial charge in [-0.05, 0) is 32.1 Å². The van der Waals surface area contributed by atoms with Crippen LogP contribution in [0.4, 0.5) is 0 Å². The number of hydrogen-bond donors (Lipinski definition) is 0. The number of carbonyl (C=O) groups excluding carboxylic acids is 3. The van der Waals surface area contributed by atoms with Gasteiger partial charge in [-0.3, -0.25) is 9.59 Å². The predicted molar refractivity (Wildman–Crippen MR) is 144 cm³/mol. The first-order chi connectivity index (χ1) is 17.6. The lowest BCUT2D eigenvalue weighted by Crippen LogP contribution is -2.55. The van der Waals surface area contributed by atoms with E-state index in [1.807, 2.05) is 0 Å². The van der Waals surface area contributed by atoms with E-state index >= 15 is 0 Å². The van der Waals surface area contributed by atoms with Gasteiger partial charge in [-0.25, -0.2) is 0 Å². The Kier molecular flexibility index (Phi) is 20.9. The Morgan fingerprint density at radius 1 is 0.811 bits per heavy atom. The second-order valence-corrected chi connectivity index (χ2v) is 10.6. The summed E-state index contributed by atoms with van der Waals surface area (Å²) in [5.41, 5.74) is 0. The number of ether oxygens (including phenoxy) is 3. The van der Waals surface area contributed by atoms with Crippen molar-refractivity contribution in [3.05, 3.63) is 12.2 Å². The molecule has 0 aromatic heterocycles. The first-order valence-corrected chi connectivity index (χ1v) is 14.2. The molecular weight excluding hydrogens is 474 g/mol. The Labute approximate surface area is 225 Å². The summed E-state index contributed by atoms with van der Waals surface area (Å²) >= 11 is 0. The van der Waals surface area contributed by atoms with E-state index in [9.17, 15) is 19.5 Å². The first kappa shape index (κ1) is 35.1. The summed E-state index contributed by atoms with van der Waals surface area (Å²) < 4.78 is 16.4. The van der Waals surface area contributed by atoms with Gasteiger partial charge in [-0.2, -0.15) is 0 Å². The molecule has 0 heterocycles. The van der Waals surface area contributed by atoms with Crippen LogP contribution in [0.25, 0.3) is 0 Å². The average molecular weight is 528 g/mol. The number of aliphatic carboxylic acids is 1. The van der Waals surface area contributed by atoms with E-state index in [1.54, 1.807) is 28.1 Å². The molecule has 0 aliphatic heterocycles.